The molecule has 0 saturated heterocycles. The Morgan fingerprint density at radius 3 is 2.62 bits per heavy atom. The van der Waals surface area contributed by atoms with Crippen LogP contribution in [-0.4, -0.2) is 35.2 Å². The van der Waals surface area contributed by atoms with Crippen LogP contribution in [0.3, 0.4) is 0 Å². The zero-order valence-electron chi connectivity index (χ0n) is 8.54. The summed E-state index contributed by atoms with van der Waals surface area (Å²) in [6.45, 7) is 5.12. The third-order valence-electron chi connectivity index (χ3n) is 1.95. The van der Waals surface area contributed by atoms with Crippen molar-refractivity contribution in [2.75, 3.05) is 12.8 Å². The van der Waals surface area contributed by atoms with Gasteiger partial charge in [0, 0.05) is 24.3 Å². The van der Waals surface area contributed by atoms with E-state index in [-0.39, 0.29) is 6.42 Å². The van der Waals surface area contributed by atoms with Crippen LogP contribution in [0.2, 0.25) is 0 Å². The Morgan fingerprint density at radius 2 is 2.15 bits per heavy atom. The molecule has 0 saturated carbocycles. The molecule has 13 heavy (non-hydrogen) atoms. The average Bonchev–Trinajstić information content (AvgIpc) is 2.10. The minimum absolute atomic E-state index is 0.252. The average molecular weight is 205 g/mol. The Hall–Kier alpha value is -0.220. The largest absolute Gasteiger partial charge is 0.481 e. The highest BCUT2D eigenvalue weighted by Gasteiger charge is 2.06. The Morgan fingerprint density at radius 1 is 1.54 bits per heavy atom. The molecule has 4 heteroatoms. The zero-order chi connectivity index (χ0) is 10.3. The number of thioether (sulfide) groups is 1. The van der Waals surface area contributed by atoms with Gasteiger partial charge in [0.2, 0.25) is 0 Å². The Kier molecular flexibility index (Phi) is 7.09. The number of nitrogens with one attached hydrogen (secondary N) is 1. The van der Waals surface area contributed by atoms with Gasteiger partial charge < -0.3 is 10.4 Å². The van der Waals surface area contributed by atoms with Gasteiger partial charge in [-0.05, 0) is 19.6 Å². The molecule has 0 amide bonds. The Balaban J connectivity index is 3.39. The maximum absolute atomic E-state index is 10.3. The lowest BCUT2D eigenvalue weighted by Gasteiger charge is -2.15. The maximum Gasteiger partial charge on any atom is 0.303 e. The molecule has 0 aliphatic heterocycles. The number of carboxylic acid groups (broad SMARTS) is 1. The van der Waals surface area contributed by atoms with Gasteiger partial charge in [-0.2, -0.15) is 11.8 Å². The van der Waals surface area contributed by atoms with E-state index in [0.29, 0.717) is 17.7 Å². The standard InChI is InChI=1S/C9H19NO2S/c1-7(4-5-9(11)12)10-6-8(2)13-3/h7-8,10H,4-6H2,1-3H3,(H,11,12). The molecule has 0 aliphatic rings. The van der Waals surface area contributed by atoms with Gasteiger partial charge in [-0.3, -0.25) is 4.79 Å². The van der Waals surface area contributed by atoms with Crippen molar-refractivity contribution in [2.45, 2.75) is 38.0 Å². The van der Waals surface area contributed by atoms with Gasteiger partial charge in [-0.25, -0.2) is 0 Å². The van der Waals surface area contributed by atoms with Crippen LogP contribution in [0.15, 0.2) is 0 Å². The summed E-state index contributed by atoms with van der Waals surface area (Å²) in [5.74, 6) is -0.716. The topological polar surface area (TPSA) is 49.3 Å². The molecule has 0 spiro atoms. The van der Waals surface area contributed by atoms with Crippen LogP contribution in [0.4, 0.5) is 0 Å². The monoisotopic (exact) mass is 205 g/mol. The highest BCUT2D eigenvalue weighted by atomic mass is 32.2. The van der Waals surface area contributed by atoms with Crippen molar-refractivity contribution < 1.29 is 9.90 Å². The van der Waals surface area contributed by atoms with Crippen LogP contribution in [-0.2, 0) is 4.79 Å². The van der Waals surface area contributed by atoms with Crippen molar-refractivity contribution in [3.63, 3.8) is 0 Å². The van der Waals surface area contributed by atoms with Crippen LogP contribution >= 0.6 is 11.8 Å². The van der Waals surface area contributed by atoms with Gasteiger partial charge in [0.15, 0.2) is 0 Å². The number of carboxylic acids is 1. The first-order chi connectivity index (χ1) is 6.06. The third-order valence-corrected chi connectivity index (χ3v) is 2.92. The van der Waals surface area contributed by atoms with E-state index in [9.17, 15) is 4.79 Å². The van der Waals surface area contributed by atoms with Crippen molar-refractivity contribution in [1.82, 2.24) is 5.32 Å². The second-order valence-corrected chi connectivity index (χ2v) is 4.56. The summed E-state index contributed by atoms with van der Waals surface area (Å²) >= 11 is 1.81. The molecular formula is C9H19NO2S. The zero-order valence-corrected chi connectivity index (χ0v) is 9.36. The van der Waals surface area contributed by atoms with Crippen molar-refractivity contribution in [1.29, 1.82) is 0 Å². The molecule has 2 unspecified atom stereocenters. The minimum Gasteiger partial charge on any atom is -0.481 e. The van der Waals surface area contributed by atoms with Gasteiger partial charge in [-0.15, -0.1) is 0 Å². The first kappa shape index (κ1) is 12.8. The predicted molar refractivity (Wildman–Crippen MR) is 57.3 cm³/mol. The summed E-state index contributed by atoms with van der Waals surface area (Å²) in [4.78, 5) is 10.3. The fraction of sp³-hybridized carbons (Fsp3) is 0.889. The molecule has 0 radical (unpaired) electrons. The van der Waals surface area contributed by atoms with Crippen molar-refractivity contribution in [3.8, 4) is 0 Å². The first-order valence-electron chi connectivity index (χ1n) is 4.54. The summed E-state index contributed by atoms with van der Waals surface area (Å²) in [5, 5.41) is 12.3. The van der Waals surface area contributed by atoms with Crippen molar-refractivity contribution in [3.05, 3.63) is 0 Å². The maximum atomic E-state index is 10.3. The molecular weight excluding hydrogens is 186 g/mol. The van der Waals surface area contributed by atoms with E-state index in [1.165, 1.54) is 0 Å². The molecule has 0 aromatic rings. The van der Waals surface area contributed by atoms with Gasteiger partial charge in [0.05, 0.1) is 0 Å². The molecule has 0 bridgehead atoms. The summed E-state index contributed by atoms with van der Waals surface area (Å²) in [6.07, 6.45) is 3.03. The van der Waals surface area contributed by atoms with E-state index in [2.05, 4.69) is 18.5 Å². The number of rotatable bonds is 7. The van der Waals surface area contributed by atoms with Gasteiger partial charge >= 0.3 is 5.97 Å². The normalized spacial score (nSPS) is 15.3. The second-order valence-electron chi connectivity index (χ2n) is 3.29. The van der Waals surface area contributed by atoms with E-state index in [1.54, 1.807) is 0 Å². The van der Waals surface area contributed by atoms with E-state index < -0.39 is 5.97 Å². The highest BCUT2D eigenvalue weighted by Crippen LogP contribution is 2.04. The van der Waals surface area contributed by atoms with Gasteiger partial charge in [0.1, 0.15) is 0 Å². The smallest absolute Gasteiger partial charge is 0.303 e. The number of hydrogen-bond donors (Lipinski definition) is 2. The van der Waals surface area contributed by atoms with E-state index in [1.807, 2.05) is 18.7 Å². The number of aliphatic carboxylic acids is 1. The summed E-state index contributed by atoms with van der Waals surface area (Å²) in [7, 11) is 0. The van der Waals surface area contributed by atoms with Crippen LogP contribution in [0.1, 0.15) is 26.7 Å². The highest BCUT2D eigenvalue weighted by molar-refractivity contribution is 7.99. The Labute approximate surface area is 84.3 Å². The number of hydrogen-bond acceptors (Lipinski definition) is 3. The molecule has 0 heterocycles. The lowest BCUT2D eigenvalue weighted by molar-refractivity contribution is -0.137. The molecule has 0 fully saturated rings. The van der Waals surface area contributed by atoms with Crippen LogP contribution < -0.4 is 5.32 Å². The van der Waals surface area contributed by atoms with E-state index in [4.69, 9.17) is 5.11 Å². The lowest BCUT2D eigenvalue weighted by atomic mass is 10.2. The quantitative estimate of drug-likeness (QED) is 0.662. The molecule has 0 aromatic carbocycles. The SMILES string of the molecule is CSC(C)CNC(C)CCC(=O)O. The molecule has 0 aromatic heterocycles. The van der Waals surface area contributed by atoms with Crippen molar-refractivity contribution in [2.24, 2.45) is 0 Å². The Bertz CT molecular complexity index is 153. The second kappa shape index (κ2) is 7.21. The molecule has 78 valence electrons. The summed E-state index contributed by atoms with van der Waals surface area (Å²) in [6, 6.07) is 0.297. The first-order valence-corrected chi connectivity index (χ1v) is 5.83. The van der Waals surface area contributed by atoms with Gasteiger partial charge in [0.25, 0.3) is 0 Å². The molecule has 2 N–H and O–H groups in total. The molecule has 2 atom stereocenters. The predicted octanol–water partition coefficient (Wildman–Crippen LogP) is 1.58. The summed E-state index contributed by atoms with van der Waals surface area (Å²) < 4.78 is 0. The molecule has 3 nitrogen and oxygen atoms in total. The summed E-state index contributed by atoms with van der Waals surface area (Å²) in [5.41, 5.74) is 0. The van der Waals surface area contributed by atoms with Crippen LogP contribution in [0, 0.1) is 0 Å². The van der Waals surface area contributed by atoms with Crippen LogP contribution in [0.25, 0.3) is 0 Å². The van der Waals surface area contributed by atoms with Crippen LogP contribution in [0.5, 0.6) is 0 Å². The van der Waals surface area contributed by atoms with Gasteiger partial charge in [-0.1, -0.05) is 6.92 Å². The molecule has 0 aliphatic carbocycles. The minimum atomic E-state index is -0.716. The number of carbonyl (C=O) groups is 1. The van der Waals surface area contributed by atoms with E-state index >= 15 is 0 Å². The van der Waals surface area contributed by atoms with E-state index in [0.717, 1.165) is 6.54 Å². The molecule has 0 rings (SSSR count). The fourth-order valence-electron chi connectivity index (χ4n) is 0.893. The fourth-order valence-corrected chi connectivity index (χ4v) is 1.16. The van der Waals surface area contributed by atoms with Crippen molar-refractivity contribution >= 4 is 17.7 Å². The third kappa shape index (κ3) is 8.12. The lowest BCUT2D eigenvalue weighted by Crippen LogP contribution is -2.31.